The molecule has 18 heteroatoms. The molecule has 0 radical (unpaired) electrons. The summed E-state index contributed by atoms with van der Waals surface area (Å²) in [5.74, 6) is 2.84. The van der Waals surface area contributed by atoms with Crippen molar-refractivity contribution in [2.45, 2.75) is 103 Å². The minimum Gasteiger partial charge on any atom is -0.388 e. The molecule has 56 heavy (non-hydrogen) atoms. The summed E-state index contributed by atoms with van der Waals surface area (Å²) < 4.78 is 3.41. The molecule has 0 amide bonds. The van der Waals surface area contributed by atoms with Gasteiger partial charge in [-0.15, -0.1) is 10.2 Å². The highest BCUT2D eigenvalue weighted by Gasteiger charge is 2.36. The Morgan fingerprint density at radius 3 is 1.36 bits per heavy atom. The number of hydrogen-bond acceptors (Lipinski definition) is 14. The van der Waals surface area contributed by atoms with E-state index in [-0.39, 0.29) is 10.8 Å². The Kier molecular flexibility index (Phi) is 10.4. The Hall–Kier alpha value is -4.64. The number of aliphatic hydroxyl groups is 2. The maximum atomic E-state index is 10.4. The van der Waals surface area contributed by atoms with Gasteiger partial charge in [-0.3, -0.25) is 9.97 Å². The Labute approximate surface area is 335 Å². The predicted molar refractivity (Wildman–Crippen MR) is 215 cm³/mol. The summed E-state index contributed by atoms with van der Waals surface area (Å²) in [6, 6.07) is 7.19. The lowest BCUT2D eigenvalue weighted by molar-refractivity contribution is 0.0833. The van der Waals surface area contributed by atoms with Gasteiger partial charge in [0.1, 0.15) is 11.6 Å². The number of pyridine rings is 2. The highest BCUT2D eigenvalue weighted by Crippen LogP contribution is 2.34. The molecule has 8 heterocycles. The van der Waals surface area contributed by atoms with E-state index >= 15 is 0 Å². The van der Waals surface area contributed by atoms with Gasteiger partial charge >= 0.3 is 0 Å². The van der Waals surface area contributed by atoms with E-state index in [1.165, 1.54) is 0 Å². The Bertz CT molecular complexity index is 2220. The van der Waals surface area contributed by atoms with Crippen LogP contribution in [-0.2, 0) is 23.9 Å². The number of rotatable bonds is 6. The molecule has 2 N–H and O–H groups in total. The number of hydrogen-bond donors (Lipinski definition) is 2. The molecule has 0 unspecified atom stereocenters. The summed E-state index contributed by atoms with van der Waals surface area (Å²) in [5.41, 5.74) is 1.97. The molecule has 6 aromatic heterocycles. The maximum absolute atomic E-state index is 10.4. The predicted octanol–water partition coefficient (Wildman–Crippen LogP) is 5.15. The highest BCUT2D eigenvalue weighted by molar-refractivity contribution is 6.31. The molecule has 0 bridgehead atoms. The molecule has 6 aromatic rings. The molecule has 296 valence electrons. The van der Waals surface area contributed by atoms with Crippen molar-refractivity contribution in [3.05, 3.63) is 69.7 Å². The quantitative estimate of drug-likeness (QED) is 0.225. The molecule has 0 aromatic carbocycles. The van der Waals surface area contributed by atoms with Crippen molar-refractivity contribution in [3.8, 4) is 0 Å². The third-order valence-electron chi connectivity index (χ3n) is 9.80. The molecule has 2 aliphatic rings. The maximum Gasteiger partial charge on any atom is 0.184 e. The average Bonchev–Trinajstić information content (AvgIpc) is 3.91. The zero-order valence-electron chi connectivity index (χ0n) is 33.0. The fourth-order valence-corrected chi connectivity index (χ4v) is 6.98. The lowest BCUT2D eigenvalue weighted by atomic mass is 9.95. The van der Waals surface area contributed by atoms with Crippen LogP contribution in [0.4, 0.5) is 11.6 Å². The smallest absolute Gasteiger partial charge is 0.184 e. The number of anilines is 2. The average molecular weight is 804 g/mol. The Morgan fingerprint density at radius 1 is 0.643 bits per heavy atom. The molecule has 2 aliphatic heterocycles. The number of halogens is 2. The number of β-amino-alcohol motifs (C(OH)–C–C–N with tert-alkyl or cyclic N) is 2. The van der Waals surface area contributed by atoms with Crippen molar-refractivity contribution in [3.63, 3.8) is 0 Å². The van der Waals surface area contributed by atoms with Gasteiger partial charge in [0.2, 0.25) is 0 Å². The van der Waals surface area contributed by atoms with Crippen molar-refractivity contribution in [1.29, 1.82) is 0 Å². The van der Waals surface area contributed by atoms with Gasteiger partial charge in [0, 0.05) is 49.4 Å². The van der Waals surface area contributed by atoms with Crippen LogP contribution in [0.3, 0.4) is 0 Å². The van der Waals surface area contributed by atoms with E-state index in [1.54, 1.807) is 46.0 Å². The summed E-state index contributed by atoms with van der Waals surface area (Å²) in [6.07, 6.45) is 4.77. The van der Waals surface area contributed by atoms with Crippen LogP contribution in [0, 0.1) is 0 Å². The highest BCUT2D eigenvalue weighted by atomic mass is 35.5. The van der Waals surface area contributed by atoms with E-state index < -0.39 is 11.2 Å². The van der Waals surface area contributed by atoms with Crippen molar-refractivity contribution in [2.75, 3.05) is 36.0 Å². The number of fused-ring (bicyclic) bond motifs is 2. The summed E-state index contributed by atoms with van der Waals surface area (Å²) in [6.45, 7) is 19.3. The molecule has 2 saturated heterocycles. The second kappa shape index (κ2) is 14.7. The molecule has 0 spiro atoms. The van der Waals surface area contributed by atoms with Gasteiger partial charge in [-0.2, -0.15) is 0 Å². The van der Waals surface area contributed by atoms with Gasteiger partial charge in [-0.25, -0.2) is 29.3 Å². The largest absolute Gasteiger partial charge is 0.388 e. The fraction of sp³-hybridized carbons (Fsp3) is 0.526. The Balaban J connectivity index is 0.000000172. The molecule has 0 aliphatic carbocycles. The topological polar surface area (TPSA) is 186 Å². The van der Waals surface area contributed by atoms with Crippen LogP contribution in [0.25, 0.3) is 22.3 Å². The van der Waals surface area contributed by atoms with Gasteiger partial charge in [-0.05, 0) is 51.0 Å². The molecular weight excluding hydrogens is 755 g/mol. The van der Waals surface area contributed by atoms with Crippen LogP contribution in [0.2, 0.25) is 10.0 Å². The lowest BCUT2D eigenvalue weighted by Crippen LogP contribution is -2.31. The first-order chi connectivity index (χ1) is 26.3. The van der Waals surface area contributed by atoms with E-state index in [1.807, 2.05) is 13.8 Å². The zero-order valence-corrected chi connectivity index (χ0v) is 34.5. The van der Waals surface area contributed by atoms with Crippen molar-refractivity contribution >= 4 is 57.2 Å². The lowest BCUT2D eigenvalue weighted by Gasteiger charge is -2.23. The fourth-order valence-electron chi connectivity index (χ4n) is 6.61. The van der Waals surface area contributed by atoms with Gasteiger partial charge in [0.25, 0.3) is 0 Å². The first-order valence-corrected chi connectivity index (χ1v) is 19.4. The van der Waals surface area contributed by atoms with E-state index in [2.05, 4.69) is 81.9 Å². The minimum absolute atomic E-state index is 0.247. The van der Waals surface area contributed by atoms with Gasteiger partial charge in [0.15, 0.2) is 34.0 Å². The molecule has 2 atom stereocenters. The standard InChI is InChI=1S/2C19H24ClN7O/c2*1-18(2,3)17-22-15(26-9-7-19(4,28)11-26)14-16(23-17)27(25-24-14)10-13-12(20)6-5-8-21-13/h2*5-6,8,28H,7,9-11H2,1-4H3/t2*19-/m10/s1. The van der Waals surface area contributed by atoms with E-state index in [0.717, 1.165) is 0 Å². The molecule has 16 nitrogen and oxygen atoms in total. The van der Waals surface area contributed by atoms with Crippen LogP contribution in [0.15, 0.2) is 36.7 Å². The number of aromatic nitrogens is 12. The summed E-state index contributed by atoms with van der Waals surface area (Å²) in [7, 11) is 0. The third kappa shape index (κ3) is 8.38. The second-order valence-electron chi connectivity index (χ2n) is 17.3. The monoisotopic (exact) mass is 802 g/mol. The molecule has 8 rings (SSSR count). The SMILES string of the molecule is CC(C)(C)c1nc(N2CC[C@@](C)(O)C2)c2nnn(Cc3ncccc3Cl)c2n1.CC(C)(C)c1nc(N2CC[C@](C)(O)C2)c2nnn(Cc3ncccc3Cl)c2n1. The van der Waals surface area contributed by atoms with E-state index in [4.69, 9.17) is 43.1 Å². The van der Waals surface area contributed by atoms with Crippen molar-refractivity contribution in [1.82, 2.24) is 59.9 Å². The molecule has 2 fully saturated rings. The van der Waals surface area contributed by atoms with Crippen LogP contribution in [0.1, 0.15) is 91.3 Å². The zero-order chi connectivity index (χ0) is 40.2. The van der Waals surface area contributed by atoms with E-state index in [0.29, 0.717) is 119 Å². The van der Waals surface area contributed by atoms with Gasteiger partial charge < -0.3 is 20.0 Å². The number of nitrogens with zero attached hydrogens (tertiary/aromatic N) is 14. The minimum atomic E-state index is -0.739. The van der Waals surface area contributed by atoms with Gasteiger partial charge in [-0.1, -0.05) is 75.2 Å². The van der Waals surface area contributed by atoms with E-state index in [9.17, 15) is 10.2 Å². The normalized spacial score (nSPS) is 20.3. The summed E-state index contributed by atoms with van der Waals surface area (Å²) >= 11 is 12.5. The van der Waals surface area contributed by atoms with Crippen LogP contribution in [-0.4, -0.2) is 107 Å². The first kappa shape index (κ1) is 39.6. The van der Waals surface area contributed by atoms with Gasteiger partial charge in [0.05, 0.1) is 45.7 Å². The second-order valence-corrected chi connectivity index (χ2v) is 18.1. The van der Waals surface area contributed by atoms with Crippen LogP contribution < -0.4 is 9.80 Å². The first-order valence-electron chi connectivity index (χ1n) is 18.6. The molecular formula is C38H48Cl2N14O2. The molecule has 0 saturated carbocycles. The van der Waals surface area contributed by atoms with Crippen molar-refractivity contribution in [2.24, 2.45) is 0 Å². The van der Waals surface area contributed by atoms with Crippen LogP contribution >= 0.6 is 23.2 Å². The third-order valence-corrected chi connectivity index (χ3v) is 10.5. The Morgan fingerprint density at radius 2 is 1.04 bits per heavy atom. The van der Waals surface area contributed by atoms with Crippen molar-refractivity contribution < 1.29 is 10.2 Å². The summed E-state index contributed by atoms with van der Waals surface area (Å²) in [5, 5.41) is 39.3. The summed E-state index contributed by atoms with van der Waals surface area (Å²) in [4.78, 5) is 32.0. The van der Waals surface area contributed by atoms with Crippen LogP contribution in [0.5, 0.6) is 0 Å².